The van der Waals surface area contributed by atoms with E-state index in [1.54, 1.807) is 12.1 Å². The molecular weight excluding hydrogens is 302 g/mol. The smallest absolute Gasteiger partial charge is 0.251 e. The Labute approximate surface area is 140 Å². The summed E-state index contributed by atoms with van der Waals surface area (Å²) in [7, 11) is 0. The van der Waals surface area contributed by atoms with Gasteiger partial charge in [0.1, 0.15) is 6.04 Å². The van der Waals surface area contributed by atoms with Crippen LogP contribution in [-0.4, -0.2) is 16.0 Å². The molecule has 1 heterocycles. The number of nitrogens with one attached hydrogen (secondary N) is 1. The van der Waals surface area contributed by atoms with Crippen LogP contribution in [0.5, 0.6) is 0 Å². The van der Waals surface area contributed by atoms with E-state index in [4.69, 9.17) is 4.52 Å². The van der Waals surface area contributed by atoms with Crippen LogP contribution in [0.4, 0.5) is 0 Å². The van der Waals surface area contributed by atoms with Crippen LogP contribution >= 0.6 is 0 Å². The molecule has 1 atom stereocenters. The summed E-state index contributed by atoms with van der Waals surface area (Å²) in [5.41, 5.74) is 3.70. The molecule has 0 unspecified atom stereocenters. The molecule has 0 radical (unpaired) electrons. The van der Waals surface area contributed by atoms with Gasteiger partial charge >= 0.3 is 0 Å². The number of benzene rings is 2. The van der Waals surface area contributed by atoms with Gasteiger partial charge in [0.25, 0.3) is 5.91 Å². The van der Waals surface area contributed by atoms with E-state index >= 15 is 0 Å². The van der Waals surface area contributed by atoms with Crippen LogP contribution < -0.4 is 5.32 Å². The van der Waals surface area contributed by atoms with Crippen LogP contribution in [0.15, 0.2) is 53.1 Å². The number of carbonyl (C=O) groups excluding carboxylic acids is 1. The molecular formula is C19H19N3O2. The molecule has 0 aliphatic heterocycles. The summed E-state index contributed by atoms with van der Waals surface area (Å²) in [6, 6.07) is 14.9. The number of aromatic nitrogens is 2. The van der Waals surface area contributed by atoms with Crippen LogP contribution in [0, 0.1) is 13.8 Å². The third-order valence-corrected chi connectivity index (χ3v) is 3.86. The summed E-state index contributed by atoms with van der Waals surface area (Å²) in [5, 5.41) is 6.90. The van der Waals surface area contributed by atoms with Crippen molar-refractivity contribution >= 4 is 5.91 Å². The summed E-state index contributed by atoms with van der Waals surface area (Å²) in [4.78, 5) is 16.7. The molecule has 3 rings (SSSR count). The molecule has 0 aliphatic rings. The zero-order valence-electron chi connectivity index (χ0n) is 13.9. The topological polar surface area (TPSA) is 68.0 Å². The molecule has 0 bridgehead atoms. The van der Waals surface area contributed by atoms with Crippen molar-refractivity contribution in [3.05, 3.63) is 71.1 Å². The average molecular weight is 321 g/mol. The minimum Gasteiger partial charge on any atom is -0.341 e. The molecule has 1 aromatic heterocycles. The molecule has 3 aromatic rings. The second-order valence-corrected chi connectivity index (χ2v) is 5.83. The highest BCUT2D eigenvalue weighted by molar-refractivity contribution is 5.94. The van der Waals surface area contributed by atoms with Crippen LogP contribution in [0.2, 0.25) is 0 Å². The maximum Gasteiger partial charge on any atom is 0.251 e. The lowest BCUT2D eigenvalue weighted by Crippen LogP contribution is -2.26. The fourth-order valence-corrected chi connectivity index (χ4v) is 2.39. The average Bonchev–Trinajstić information content (AvgIpc) is 3.05. The van der Waals surface area contributed by atoms with Crippen molar-refractivity contribution < 1.29 is 9.32 Å². The van der Waals surface area contributed by atoms with E-state index in [1.807, 2.05) is 57.2 Å². The third-order valence-electron chi connectivity index (χ3n) is 3.86. The molecule has 0 aliphatic carbocycles. The van der Waals surface area contributed by atoms with E-state index in [0.717, 1.165) is 16.7 Å². The van der Waals surface area contributed by atoms with Crippen molar-refractivity contribution in [2.24, 2.45) is 0 Å². The van der Waals surface area contributed by atoms with Gasteiger partial charge in [-0.2, -0.15) is 4.98 Å². The fourth-order valence-electron chi connectivity index (χ4n) is 2.39. The van der Waals surface area contributed by atoms with Gasteiger partial charge in [-0.15, -0.1) is 0 Å². The summed E-state index contributed by atoms with van der Waals surface area (Å²) in [5.74, 6) is 0.742. The summed E-state index contributed by atoms with van der Waals surface area (Å²) in [6.45, 7) is 5.80. The maximum absolute atomic E-state index is 12.3. The van der Waals surface area contributed by atoms with Crippen LogP contribution in [0.1, 0.15) is 40.3 Å². The first kappa shape index (κ1) is 15.9. The van der Waals surface area contributed by atoms with E-state index in [-0.39, 0.29) is 11.9 Å². The van der Waals surface area contributed by atoms with Crippen molar-refractivity contribution in [3.8, 4) is 11.4 Å². The lowest BCUT2D eigenvalue weighted by atomic mass is 10.1. The predicted octanol–water partition coefficient (Wildman–Crippen LogP) is 3.84. The first-order valence-electron chi connectivity index (χ1n) is 7.82. The van der Waals surface area contributed by atoms with Gasteiger partial charge < -0.3 is 9.84 Å². The predicted molar refractivity (Wildman–Crippen MR) is 91.5 cm³/mol. The van der Waals surface area contributed by atoms with Crippen molar-refractivity contribution in [3.63, 3.8) is 0 Å². The Morgan fingerprint density at radius 2 is 1.79 bits per heavy atom. The Morgan fingerprint density at radius 3 is 2.50 bits per heavy atom. The second kappa shape index (κ2) is 6.66. The van der Waals surface area contributed by atoms with Gasteiger partial charge in [-0.3, -0.25) is 4.79 Å². The van der Waals surface area contributed by atoms with Crippen LogP contribution in [0.25, 0.3) is 11.4 Å². The highest BCUT2D eigenvalue weighted by atomic mass is 16.5. The summed E-state index contributed by atoms with van der Waals surface area (Å²) >= 11 is 0. The molecule has 122 valence electrons. The fraction of sp³-hybridized carbons (Fsp3) is 0.211. The lowest BCUT2D eigenvalue weighted by Gasteiger charge is -2.09. The van der Waals surface area contributed by atoms with E-state index < -0.39 is 0 Å². The molecule has 1 N–H and O–H groups in total. The van der Waals surface area contributed by atoms with E-state index in [9.17, 15) is 4.79 Å². The van der Waals surface area contributed by atoms with Crippen molar-refractivity contribution in [1.29, 1.82) is 0 Å². The number of aryl methyl sites for hydroxylation is 2. The zero-order chi connectivity index (χ0) is 17.1. The van der Waals surface area contributed by atoms with Gasteiger partial charge in [-0.25, -0.2) is 0 Å². The highest BCUT2D eigenvalue weighted by Crippen LogP contribution is 2.21. The standard InChI is InChI=1S/C19H19N3O2/c1-12-8-10-15(11-9-12)18(23)20-14(3)19-21-17(22-24-19)16-7-5-4-6-13(16)2/h4-11,14H,1-3H3,(H,20,23)/t14-/m1/s1. The molecule has 0 saturated carbocycles. The van der Waals surface area contributed by atoms with Gasteiger partial charge in [-0.05, 0) is 38.5 Å². The van der Waals surface area contributed by atoms with Gasteiger partial charge in [-0.1, -0.05) is 47.1 Å². The highest BCUT2D eigenvalue weighted by Gasteiger charge is 2.18. The van der Waals surface area contributed by atoms with Crippen LogP contribution in [0.3, 0.4) is 0 Å². The molecule has 0 saturated heterocycles. The number of amides is 1. The first-order valence-corrected chi connectivity index (χ1v) is 7.82. The zero-order valence-corrected chi connectivity index (χ0v) is 13.9. The number of hydrogen-bond acceptors (Lipinski definition) is 4. The van der Waals surface area contributed by atoms with E-state index in [1.165, 1.54) is 0 Å². The number of hydrogen-bond donors (Lipinski definition) is 1. The molecule has 0 fully saturated rings. The molecule has 5 heteroatoms. The SMILES string of the molecule is Cc1ccc(C(=O)N[C@H](C)c2nc(-c3ccccc3C)no2)cc1. The number of rotatable bonds is 4. The molecule has 24 heavy (non-hydrogen) atoms. The summed E-state index contributed by atoms with van der Waals surface area (Å²) in [6.07, 6.45) is 0. The summed E-state index contributed by atoms with van der Waals surface area (Å²) < 4.78 is 5.32. The second-order valence-electron chi connectivity index (χ2n) is 5.83. The monoisotopic (exact) mass is 321 g/mol. The molecule has 2 aromatic carbocycles. The lowest BCUT2D eigenvalue weighted by molar-refractivity contribution is 0.0932. The van der Waals surface area contributed by atoms with Crippen molar-refractivity contribution in [1.82, 2.24) is 15.5 Å². The molecule has 5 nitrogen and oxygen atoms in total. The Kier molecular flexibility index (Phi) is 4.42. The third kappa shape index (κ3) is 3.35. The molecule has 1 amide bonds. The minimum atomic E-state index is -0.371. The Morgan fingerprint density at radius 1 is 1.08 bits per heavy atom. The maximum atomic E-state index is 12.3. The van der Waals surface area contributed by atoms with Crippen LogP contribution in [-0.2, 0) is 0 Å². The largest absolute Gasteiger partial charge is 0.341 e. The minimum absolute atomic E-state index is 0.168. The Bertz CT molecular complexity index is 853. The van der Waals surface area contributed by atoms with E-state index in [0.29, 0.717) is 17.3 Å². The van der Waals surface area contributed by atoms with Crippen molar-refractivity contribution in [2.75, 3.05) is 0 Å². The first-order chi connectivity index (χ1) is 11.5. The number of carbonyl (C=O) groups is 1. The van der Waals surface area contributed by atoms with Gasteiger partial charge in [0.15, 0.2) is 0 Å². The Balaban J connectivity index is 1.74. The Hall–Kier alpha value is -2.95. The normalized spacial score (nSPS) is 12.0. The van der Waals surface area contributed by atoms with Gasteiger partial charge in [0, 0.05) is 11.1 Å². The quantitative estimate of drug-likeness (QED) is 0.792. The van der Waals surface area contributed by atoms with Gasteiger partial charge in [0.05, 0.1) is 0 Å². The molecule has 0 spiro atoms. The van der Waals surface area contributed by atoms with Crippen molar-refractivity contribution in [2.45, 2.75) is 26.8 Å². The van der Waals surface area contributed by atoms with Gasteiger partial charge in [0.2, 0.25) is 11.7 Å². The number of nitrogens with zero attached hydrogens (tertiary/aromatic N) is 2. The van der Waals surface area contributed by atoms with E-state index in [2.05, 4.69) is 15.5 Å².